The molecule has 3 unspecified atom stereocenters. The van der Waals surface area contributed by atoms with Gasteiger partial charge in [0, 0.05) is 12.1 Å². The third-order valence-corrected chi connectivity index (χ3v) is 3.69. The molecule has 0 aromatic carbocycles. The molecule has 1 aliphatic heterocycles. The van der Waals surface area contributed by atoms with E-state index in [1.807, 2.05) is 11.5 Å². The van der Waals surface area contributed by atoms with Crippen molar-refractivity contribution >= 4 is 16.9 Å². The van der Waals surface area contributed by atoms with E-state index < -0.39 is 0 Å². The third kappa shape index (κ3) is 1.81. The van der Waals surface area contributed by atoms with E-state index in [4.69, 9.17) is 10.5 Å². The first-order valence-corrected chi connectivity index (χ1v) is 6.43. The highest BCUT2D eigenvalue weighted by molar-refractivity contribution is 5.91. The fraction of sp³-hybridized carbons (Fsp3) is 0.462. The molecule has 0 amide bonds. The number of fused-ring (bicyclic) bond motifs is 1. The Labute approximate surface area is 115 Å². The van der Waals surface area contributed by atoms with Crippen LogP contribution in [-0.4, -0.2) is 32.4 Å². The van der Waals surface area contributed by atoms with Crippen molar-refractivity contribution in [2.75, 3.05) is 12.3 Å². The number of anilines is 1. The first kappa shape index (κ1) is 12.8. The highest BCUT2D eigenvalue weighted by Crippen LogP contribution is 2.37. The highest BCUT2D eigenvalue weighted by atomic mass is 16.5. The van der Waals surface area contributed by atoms with Gasteiger partial charge in [0.15, 0.2) is 0 Å². The second-order valence-electron chi connectivity index (χ2n) is 5.06. The number of nitrogens with zero attached hydrogens (tertiary/aromatic N) is 4. The highest BCUT2D eigenvalue weighted by Gasteiger charge is 2.34. The second kappa shape index (κ2) is 4.74. The van der Waals surface area contributed by atoms with E-state index in [0.717, 1.165) is 6.42 Å². The number of nitrogen functional groups attached to an aromatic ring is 1. The lowest BCUT2D eigenvalue weighted by molar-refractivity contribution is -0.0291. The van der Waals surface area contributed by atoms with Gasteiger partial charge in [-0.1, -0.05) is 6.92 Å². The summed E-state index contributed by atoms with van der Waals surface area (Å²) in [4.78, 5) is 8.15. The maximum Gasteiger partial charge on any atom is 0.148 e. The standard InChI is InChI=1S/C13H15N5O2/c1-7-2-9(5-19)20-13(7)18-4-8(3-14)10-11(15)16-6-17-12(10)18/h4,6-7,9,13,19H,2,5H2,1H3,(H2,15,16,17). The maximum absolute atomic E-state index is 9.23. The van der Waals surface area contributed by atoms with Gasteiger partial charge in [-0.2, -0.15) is 5.26 Å². The largest absolute Gasteiger partial charge is 0.394 e. The van der Waals surface area contributed by atoms with Crippen molar-refractivity contribution in [1.82, 2.24) is 14.5 Å². The average molecular weight is 273 g/mol. The second-order valence-corrected chi connectivity index (χ2v) is 5.06. The molecule has 3 N–H and O–H groups in total. The summed E-state index contributed by atoms with van der Waals surface area (Å²) in [5, 5.41) is 19.0. The van der Waals surface area contributed by atoms with Crippen molar-refractivity contribution in [2.24, 2.45) is 5.92 Å². The number of aliphatic hydroxyl groups is 1. The SMILES string of the molecule is CC1CC(CO)OC1n1cc(C#N)c2c(N)ncnc21. The number of nitrogens with two attached hydrogens (primary N) is 1. The van der Waals surface area contributed by atoms with Crippen LogP contribution in [-0.2, 0) is 4.74 Å². The van der Waals surface area contributed by atoms with Crippen molar-refractivity contribution < 1.29 is 9.84 Å². The van der Waals surface area contributed by atoms with E-state index in [-0.39, 0.29) is 30.7 Å². The lowest BCUT2D eigenvalue weighted by Crippen LogP contribution is -2.15. The molecule has 0 bridgehead atoms. The minimum atomic E-state index is -0.258. The minimum Gasteiger partial charge on any atom is -0.394 e. The summed E-state index contributed by atoms with van der Waals surface area (Å²) in [6.07, 6.45) is 3.39. The molecule has 7 nitrogen and oxygen atoms in total. The Morgan fingerprint density at radius 2 is 2.40 bits per heavy atom. The number of aliphatic hydroxyl groups excluding tert-OH is 1. The summed E-state index contributed by atoms with van der Waals surface area (Å²) >= 11 is 0. The Hall–Kier alpha value is -2.17. The predicted molar refractivity (Wildman–Crippen MR) is 71.4 cm³/mol. The molecule has 3 atom stereocenters. The summed E-state index contributed by atoms with van der Waals surface area (Å²) in [5.41, 5.74) is 6.86. The van der Waals surface area contributed by atoms with E-state index in [9.17, 15) is 10.4 Å². The van der Waals surface area contributed by atoms with Crippen LogP contribution in [0.5, 0.6) is 0 Å². The molecule has 3 heterocycles. The molecule has 0 radical (unpaired) electrons. The molecule has 7 heteroatoms. The van der Waals surface area contributed by atoms with E-state index in [1.165, 1.54) is 6.33 Å². The van der Waals surface area contributed by atoms with Crippen molar-refractivity contribution in [3.63, 3.8) is 0 Å². The van der Waals surface area contributed by atoms with Gasteiger partial charge in [0.1, 0.15) is 30.1 Å². The zero-order chi connectivity index (χ0) is 14.3. The lowest BCUT2D eigenvalue weighted by atomic mass is 10.1. The molecular weight excluding hydrogens is 258 g/mol. The average Bonchev–Trinajstić information content (AvgIpc) is 3.00. The fourth-order valence-corrected chi connectivity index (χ4v) is 2.76. The van der Waals surface area contributed by atoms with Crippen molar-refractivity contribution in [3.05, 3.63) is 18.1 Å². The zero-order valence-electron chi connectivity index (χ0n) is 11.0. The Morgan fingerprint density at radius 1 is 1.60 bits per heavy atom. The third-order valence-electron chi connectivity index (χ3n) is 3.69. The van der Waals surface area contributed by atoms with Crippen LogP contribution in [0.3, 0.4) is 0 Å². The van der Waals surface area contributed by atoms with Gasteiger partial charge in [0.05, 0.1) is 23.7 Å². The topological polar surface area (TPSA) is 110 Å². The summed E-state index contributed by atoms with van der Waals surface area (Å²) in [6.45, 7) is 2.03. The number of hydrogen-bond acceptors (Lipinski definition) is 6. The quantitative estimate of drug-likeness (QED) is 0.837. The fourth-order valence-electron chi connectivity index (χ4n) is 2.76. The normalized spacial score (nSPS) is 25.9. The number of ether oxygens (including phenoxy) is 1. The molecule has 1 fully saturated rings. The van der Waals surface area contributed by atoms with Gasteiger partial charge in [-0.3, -0.25) is 0 Å². The van der Waals surface area contributed by atoms with Gasteiger partial charge >= 0.3 is 0 Å². The van der Waals surface area contributed by atoms with Gasteiger partial charge in [-0.25, -0.2) is 9.97 Å². The van der Waals surface area contributed by atoms with Crippen LogP contribution >= 0.6 is 0 Å². The zero-order valence-corrected chi connectivity index (χ0v) is 11.0. The maximum atomic E-state index is 9.23. The number of rotatable bonds is 2. The lowest BCUT2D eigenvalue weighted by Gasteiger charge is -2.17. The van der Waals surface area contributed by atoms with Gasteiger partial charge < -0.3 is 20.1 Å². The number of hydrogen-bond donors (Lipinski definition) is 2. The molecular formula is C13H15N5O2. The van der Waals surface area contributed by atoms with Crippen molar-refractivity contribution in [1.29, 1.82) is 5.26 Å². The van der Waals surface area contributed by atoms with Crippen molar-refractivity contribution in [3.8, 4) is 6.07 Å². The molecule has 0 aliphatic carbocycles. The molecule has 20 heavy (non-hydrogen) atoms. The summed E-state index contributed by atoms with van der Waals surface area (Å²) < 4.78 is 7.63. The molecule has 0 saturated carbocycles. The smallest absolute Gasteiger partial charge is 0.148 e. The Kier molecular flexibility index (Phi) is 3.04. The van der Waals surface area contributed by atoms with Crippen LogP contribution in [0.4, 0.5) is 5.82 Å². The van der Waals surface area contributed by atoms with Gasteiger partial charge in [0.25, 0.3) is 0 Å². The van der Waals surface area contributed by atoms with Gasteiger partial charge in [-0.15, -0.1) is 0 Å². The summed E-state index contributed by atoms with van der Waals surface area (Å²) in [5.74, 6) is 0.500. The van der Waals surface area contributed by atoms with E-state index >= 15 is 0 Å². The molecule has 1 aliphatic rings. The van der Waals surface area contributed by atoms with Crippen LogP contribution < -0.4 is 5.73 Å². The van der Waals surface area contributed by atoms with E-state index in [1.54, 1.807) is 6.20 Å². The molecule has 1 saturated heterocycles. The first-order chi connectivity index (χ1) is 9.65. The minimum absolute atomic E-state index is 0.0116. The summed E-state index contributed by atoms with van der Waals surface area (Å²) in [7, 11) is 0. The van der Waals surface area contributed by atoms with Crippen LogP contribution in [0.2, 0.25) is 0 Å². The molecule has 2 aromatic rings. The molecule has 3 rings (SSSR count). The van der Waals surface area contributed by atoms with Gasteiger partial charge in [0.2, 0.25) is 0 Å². The molecule has 0 spiro atoms. The van der Waals surface area contributed by atoms with E-state index in [0.29, 0.717) is 16.6 Å². The number of nitriles is 1. The predicted octanol–water partition coefficient (Wildman–Crippen LogP) is 0.801. The Morgan fingerprint density at radius 3 is 3.05 bits per heavy atom. The monoisotopic (exact) mass is 273 g/mol. The van der Waals surface area contributed by atoms with E-state index in [2.05, 4.69) is 16.0 Å². The van der Waals surface area contributed by atoms with Crippen LogP contribution in [0.15, 0.2) is 12.5 Å². The molecule has 2 aromatic heterocycles. The Bertz CT molecular complexity index is 690. The number of aromatic nitrogens is 3. The van der Waals surface area contributed by atoms with Gasteiger partial charge in [-0.05, 0) is 6.42 Å². The van der Waals surface area contributed by atoms with Crippen LogP contribution in [0.1, 0.15) is 25.1 Å². The molecule has 104 valence electrons. The first-order valence-electron chi connectivity index (χ1n) is 6.43. The van der Waals surface area contributed by atoms with Crippen LogP contribution in [0.25, 0.3) is 11.0 Å². The summed E-state index contributed by atoms with van der Waals surface area (Å²) in [6, 6.07) is 2.11. The van der Waals surface area contributed by atoms with Crippen LogP contribution in [0, 0.1) is 17.2 Å². The Balaban J connectivity index is 2.14. The van der Waals surface area contributed by atoms with Crippen molar-refractivity contribution in [2.45, 2.75) is 25.7 Å².